The largest absolute Gasteiger partial charge is 0.498 e. The Labute approximate surface area is 328 Å². The second-order valence-corrected chi connectivity index (χ2v) is 16.0. The van der Waals surface area contributed by atoms with Crippen LogP contribution in [0.5, 0.6) is 0 Å². The normalized spacial score (nSPS) is 12.4. The van der Waals surface area contributed by atoms with Gasteiger partial charge in [-0.1, -0.05) is 196 Å². The summed E-state index contributed by atoms with van der Waals surface area (Å²) in [6.45, 7) is 25.1. The number of ether oxygens (including phenoxy) is 2. The molecule has 2 atom stereocenters. The van der Waals surface area contributed by atoms with E-state index < -0.39 is 0 Å². The minimum Gasteiger partial charge on any atom is -0.498 e. The van der Waals surface area contributed by atoms with Crippen LogP contribution in [0.4, 0.5) is 0 Å². The van der Waals surface area contributed by atoms with Crippen LogP contribution in [-0.2, 0) is 14.3 Å². The number of carbonyl (C=O) groups excluding carboxylic acids is 1. The molecule has 0 spiro atoms. The summed E-state index contributed by atoms with van der Waals surface area (Å²) in [5.41, 5.74) is 0. The minimum atomic E-state index is 0.0740. The third-order valence-corrected chi connectivity index (χ3v) is 10.6. The Balaban J connectivity index is 0. The van der Waals surface area contributed by atoms with E-state index in [1.807, 2.05) is 0 Å². The maximum Gasteiger partial charge on any atom is 0.308 e. The van der Waals surface area contributed by atoms with Gasteiger partial charge in [0.15, 0.2) is 0 Å². The van der Waals surface area contributed by atoms with Crippen molar-refractivity contribution in [1.29, 1.82) is 0 Å². The van der Waals surface area contributed by atoms with Gasteiger partial charge < -0.3 is 14.4 Å². The van der Waals surface area contributed by atoms with Gasteiger partial charge in [0.05, 0.1) is 24.9 Å². The van der Waals surface area contributed by atoms with Gasteiger partial charge in [-0.15, -0.1) is 0 Å². The van der Waals surface area contributed by atoms with Crippen LogP contribution < -0.4 is 0 Å². The summed E-state index contributed by atoms with van der Waals surface area (Å²) < 4.78 is 11.8. The SMILES string of the molecule is C=C(OCCCCCCCCCN(CCCC)CCCCCCCCCOC(=O)C(CCCC)CCCCCC)C(CC)CCCCCC.CCC. The molecule has 52 heavy (non-hydrogen) atoms. The lowest BCUT2D eigenvalue weighted by molar-refractivity contribution is -0.149. The molecule has 0 saturated carbocycles. The fourth-order valence-electron chi connectivity index (χ4n) is 7.03. The monoisotopic (exact) mass is 736 g/mol. The molecule has 4 heteroatoms. The zero-order valence-electron chi connectivity index (χ0n) is 37.0. The molecule has 312 valence electrons. The molecule has 0 aromatic heterocycles. The van der Waals surface area contributed by atoms with Crippen LogP contribution >= 0.6 is 0 Å². The smallest absolute Gasteiger partial charge is 0.308 e. The van der Waals surface area contributed by atoms with Gasteiger partial charge in [-0.05, 0) is 77.4 Å². The molecule has 0 radical (unpaired) electrons. The number of unbranched alkanes of at least 4 members (excludes halogenated alkanes) is 20. The summed E-state index contributed by atoms with van der Waals surface area (Å²) >= 11 is 0. The average Bonchev–Trinajstić information content (AvgIpc) is 3.14. The van der Waals surface area contributed by atoms with Gasteiger partial charge in [0.25, 0.3) is 0 Å². The van der Waals surface area contributed by atoms with Crippen LogP contribution in [0.25, 0.3) is 0 Å². The van der Waals surface area contributed by atoms with Crippen molar-refractivity contribution in [3.8, 4) is 0 Å². The molecule has 0 rings (SSSR count). The summed E-state index contributed by atoms with van der Waals surface area (Å²) in [6.07, 6.45) is 38.9. The molecule has 2 unspecified atom stereocenters. The highest BCUT2D eigenvalue weighted by Gasteiger charge is 2.19. The first kappa shape index (κ1) is 53.1. The number of carbonyl (C=O) groups is 1. The number of nitrogens with zero attached hydrogens (tertiary/aromatic N) is 1. The molecule has 0 fully saturated rings. The maximum atomic E-state index is 12.6. The Morgan fingerprint density at radius 1 is 0.442 bits per heavy atom. The highest BCUT2D eigenvalue weighted by Crippen LogP contribution is 2.23. The van der Waals surface area contributed by atoms with Gasteiger partial charge in [-0.3, -0.25) is 4.79 Å². The maximum absolute atomic E-state index is 12.6. The van der Waals surface area contributed by atoms with E-state index in [4.69, 9.17) is 9.47 Å². The topological polar surface area (TPSA) is 38.8 Å². The quantitative estimate of drug-likeness (QED) is 0.0357. The minimum absolute atomic E-state index is 0.0740. The van der Waals surface area contributed by atoms with Crippen molar-refractivity contribution in [2.75, 3.05) is 32.8 Å². The van der Waals surface area contributed by atoms with Crippen molar-refractivity contribution < 1.29 is 14.3 Å². The molecule has 0 saturated heterocycles. The summed E-state index contributed by atoms with van der Waals surface area (Å²) in [7, 11) is 0. The van der Waals surface area contributed by atoms with E-state index in [0.29, 0.717) is 12.5 Å². The first-order valence-electron chi connectivity index (χ1n) is 23.7. The fraction of sp³-hybridized carbons (Fsp3) is 0.938. The standard InChI is InChI=1S/C45H89NO3.C3H8/c1-7-12-16-28-35-43(11-5)42(6)48-40-32-26-22-18-20-24-30-38-46(37-15-10-4)39-31-25-21-19-23-27-33-41-49-45(47)44(34-14-9-3)36-29-17-13-8-2;1-3-2/h43-44H,6-41H2,1-5H3;3H2,1-2H3. The number of hydrogen-bond acceptors (Lipinski definition) is 4. The Hall–Kier alpha value is -1.03. The van der Waals surface area contributed by atoms with Crippen LogP contribution in [0.15, 0.2) is 12.3 Å². The molecule has 0 N–H and O–H groups in total. The van der Waals surface area contributed by atoms with Gasteiger partial charge in [-0.25, -0.2) is 0 Å². The lowest BCUT2D eigenvalue weighted by Gasteiger charge is -2.22. The van der Waals surface area contributed by atoms with E-state index in [-0.39, 0.29) is 11.9 Å². The number of allylic oxidation sites excluding steroid dienone is 1. The van der Waals surface area contributed by atoms with Crippen molar-refractivity contribution in [3.63, 3.8) is 0 Å². The lowest BCUT2D eigenvalue weighted by Crippen LogP contribution is -2.27. The van der Waals surface area contributed by atoms with E-state index in [9.17, 15) is 4.79 Å². The van der Waals surface area contributed by atoms with E-state index in [0.717, 1.165) is 50.9 Å². The van der Waals surface area contributed by atoms with Crippen molar-refractivity contribution >= 4 is 5.97 Å². The molecular formula is C48H97NO3. The van der Waals surface area contributed by atoms with Gasteiger partial charge in [0.2, 0.25) is 0 Å². The second-order valence-electron chi connectivity index (χ2n) is 16.0. The summed E-state index contributed by atoms with van der Waals surface area (Å²) in [4.78, 5) is 15.4. The van der Waals surface area contributed by atoms with Crippen molar-refractivity contribution in [2.45, 2.75) is 248 Å². The zero-order chi connectivity index (χ0) is 38.8. The van der Waals surface area contributed by atoms with Crippen LogP contribution in [0.3, 0.4) is 0 Å². The predicted molar refractivity (Wildman–Crippen MR) is 232 cm³/mol. The highest BCUT2D eigenvalue weighted by molar-refractivity contribution is 5.72. The first-order chi connectivity index (χ1) is 25.4. The van der Waals surface area contributed by atoms with Crippen LogP contribution in [0.2, 0.25) is 0 Å². The number of esters is 1. The molecule has 0 amide bonds. The van der Waals surface area contributed by atoms with Gasteiger partial charge in [0.1, 0.15) is 0 Å². The molecule has 0 bridgehead atoms. The van der Waals surface area contributed by atoms with Crippen LogP contribution in [0.1, 0.15) is 248 Å². The molecule has 0 aliphatic carbocycles. The van der Waals surface area contributed by atoms with E-state index >= 15 is 0 Å². The Morgan fingerprint density at radius 2 is 0.808 bits per heavy atom. The molecule has 4 nitrogen and oxygen atoms in total. The predicted octanol–water partition coefficient (Wildman–Crippen LogP) is 15.8. The fourth-order valence-corrected chi connectivity index (χ4v) is 7.03. The van der Waals surface area contributed by atoms with E-state index in [2.05, 4.69) is 59.9 Å². The van der Waals surface area contributed by atoms with Crippen LogP contribution in [-0.4, -0.2) is 43.7 Å². The van der Waals surface area contributed by atoms with E-state index in [1.165, 1.54) is 180 Å². The highest BCUT2D eigenvalue weighted by atomic mass is 16.5. The third kappa shape index (κ3) is 37.3. The average molecular weight is 736 g/mol. The molecule has 0 aromatic rings. The molecular weight excluding hydrogens is 639 g/mol. The van der Waals surface area contributed by atoms with Crippen LogP contribution in [0, 0.1) is 11.8 Å². The van der Waals surface area contributed by atoms with Gasteiger partial charge >= 0.3 is 5.97 Å². The van der Waals surface area contributed by atoms with E-state index in [1.54, 1.807) is 0 Å². The first-order valence-corrected chi connectivity index (χ1v) is 23.7. The Bertz CT molecular complexity index is 710. The number of hydrogen-bond donors (Lipinski definition) is 0. The molecule has 0 aliphatic heterocycles. The Morgan fingerprint density at radius 3 is 1.27 bits per heavy atom. The van der Waals surface area contributed by atoms with Gasteiger partial charge in [0, 0.05) is 5.92 Å². The molecule has 0 heterocycles. The number of rotatable bonds is 40. The molecule has 0 aromatic carbocycles. The second kappa shape index (κ2) is 44.4. The summed E-state index contributed by atoms with van der Waals surface area (Å²) in [5.74, 6) is 1.79. The van der Waals surface area contributed by atoms with Crippen molar-refractivity contribution in [1.82, 2.24) is 4.90 Å². The van der Waals surface area contributed by atoms with Crippen molar-refractivity contribution in [2.24, 2.45) is 11.8 Å². The lowest BCUT2D eigenvalue weighted by atomic mass is 9.95. The summed E-state index contributed by atoms with van der Waals surface area (Å²) in [6, 6.07) is 0. The van der Waals surface area contributed by atoms with Gasteiger partial charge in [-0.2, -0.15) is 0 Å². The molecule has 0 aliphatic rings. The van der Waals surface area contributed by atoms with Crippen molar-refractivity contribution in [3.05, 3.63) is 12.3 Å². The third-order valence-electron chi connectivity index (χ3n) is 10.6. The Kier molecular flexibility index (Phi) is 45.3. The summed E-state index contributed by atoms with van der Waals surface area (Å²) in [5, 5.41) is 0. The zero-order valence-corrected chi connectivity index (χ0v) is 37.0.